The highest BCUT2D eigenvalue weighted by molar-refractivity contribution is 8.00. The number of carbonyl (C=O) groups is 1. The van der Waals surface area contributed by atoms with E-state index in [1.165, 1.54) is 45.1 Å². The number of rotatable bonds is 4. The minimum Gasteiger partial charge on any atom is -0.294 e. The number of Topliss-reactive ketones (excluding diaryl/α,β-unsaturated/α-hetero) is 1. The zero-order valence-electron chi connectivity index (χ0n) is 10.9. The van der Waals surface area contributed by atoms with Crippen LogP contribution in [0.1, 0.15) is 49.4 Å². The minimum atomic E-state index is -0.494. The van der Waals surface area contributed by atoms with Crippen LogP contribution in [0.15, 0.2) is 23.1 Å². The Balaban J connectivity index is 2.20. The number of nitro benzene ring substituents is 1. The number of ketones is 1. The monoisotopic (exact) mass is 279 g/mol. The first-order chi connectivity index (χ1) is 9.08. The number of hydrogen-bond acceptors (Lipinski definition) is 4. The summed E-state index contributed by atoms with van der Waals surface area (Å²) in [6.45, 7) is 1.37. The standard InChI is InChI=1S/C14H17NO3S/c1-10(16)13-9-12(7-8-14(13)15(17)18)19-11-5-3-2-4-6-11/h7-9,11H,2-6H2,1H3. The summed E-state index contributed by atoms with van der Waals surface area (Å²) >= 11 is 1.74. The zero-order chi connectivity index (χ0) is 13.8. The topological polar surface area (TPSA) is 60.2 Å². The minimum absolute atomic E-state index is 0.0968. The average molecular weight is 279 g/mol. The highest BCUT2D eigenvalue weighted by Gasteiger charge is 2.20. The van der Waals surface area contributed by atoms with Crippen molar-refractivity contribution in [1.29, 1.82) is 0 Å². The molecule has 0 N–H and O–H groups in total. The lowest BCUT2D eigenvalue weighted by atomic mass is 10.0. The molecule has 0 amide bonds. The van der Waals surface area contributed by atoms with Gasteiger partial charge < -0.3 is 0 Å². The second-order valence-electron chi connectivity index (χ2n) is 4.87. The second-order valence-corrected chi connectivity index (χ2v) is 6.24. The van der Waals surface area contributed by atoms with Crippen molar-refractivity contribution in [1.82, 2.24) is 0 Å². The summed E-state index contributed by atoms with van der Waals surface area (Å²) < 4.78 is 0. The molecule has 0 atom stereocenters. The molecule has 19 heavy (non-hydrogen) atoms. The van der Waals surface area contributed by atoms with Gasteiger partial charge in [0.15, 0.2) is 5.78 Å². The molecule has 1 aromatic carbocycles. The zero-order valence-corrected chi connectivity index (χ0v) is 11.7. The predicted octanol–water partition coefficient (Wildman–Crippen LogP) is 4.22. The maximum atomic E-state index is 11.5. The van der Waals surface area contributed by atoms with Crippen LogP contribution >= 0.6 is 11.8 Å². The third kappa shape index (κ3) is 3.56. The van der Waals surface area contributed by atoms with Crippen LogP contribution in [0.2, 0.25) is 0 Å². The Morgan fingerprint density at radius 3 is 2.58 bits per heavy atom. The number of carbonyl (C=O) groups excluding carboxylic acids is 1. The van der Waals surface area contributed by atoms with E-state index in [-0.39, 0.29) is 17.0 Å². The van der Waals surface area contributed by atoms with Crippen molar-refractivity contribution in [3.63, 3.8) is 0 Å². The average Bonchev–Trinajstić information content (AvgIpc) is 2.39. The lowest BCUT2D eigenvalue weighted by Crippen LogP contribution is -2.08. The molecule has 4 nitrogen and oxygen atoms in total. The number of thioether (sulfide) groups is 1. The molecule has 0 aromatic heterocycles. The lowest BCUT2D eigenvalue weighted by molar-refractivity contribution is -0.385. The van der Waals surface area contributed by atoms with E-state index in [1.807, 2.05) is 0 Å². The van der Waals surface area contributed by atoms with E-state index in [1.54, 1.807) is 23.9 Å². The number of hydrogen-bond donors (Lipinski definition) is 0. The summed E-state index contributed by atoms with van der Waals surface area (Å²) in [4.78, 5) is 22.8. The molecule has 2 rings (SSSR count). The van der Waals surface area contributed by atoms with Gasteiger partial charge in [0.2, 0.25) is 0 Å². The van der Waals surface area contributed by atoms with Gasteiger partial charge in [-0.3, -0.25) is 14.9 Å². The van der Waals surface area contributed by atoms with E-state index < -0.39 is 4.92 Å². The fourth-order valence-corrected chi connectivity index (χ4v) is 3.69. The van der Waals surface area contributed by atoms with Crippen LogP contribution in [0.25, 0.3) is 0 Å². The SMILES string of the molecule is CC(=O)c1cc(SC2CCCCC2)ccc1[N+](=O)[O-]. The summed E-state index contributed by atoms with van der Waals surface area (Å²) in [7, 11) is 0. The molecule has 0 heterocycles. The van der Waals surface area contributed by atoms with Crippen LogP contribution in [-0.2, 0) is 0 Å². The van der Waals surface area contributed by atoms with E-state index >= 15 is 0 Å². The Hall–Kier alpha value is -1.36. The van der Waals surface area contributed by atoms with Gasteiger partial charge in [0.1, 0.15) is 0 Å². The summed E-state index contributed by atoms with van der Waals surface area (Å²) in [6.07, 6.45) is 6.19. The largest absolute Gasteiger partial charge is 0.294 e. The van der Waals surface area contributed by atoms with E-state index in [9.17, 15) is 14.9 Å². The van der Waals surface area contributed by atoms with Crippen LogP contribution in [0.3, 0.4) is 0 Å². The van der Waals surface area contributed by atoms with Gasteiger partial charge >= 0.3 is 0 Å². The molecule has 1 saturated carbocycles. The molecule has 0 unspecified atom stereocenters. The Kier molecular flexibility index (Phi) is 4.58. The smallest absolute Gasteiger partial charge is 0.280 e. The maximum absolute atomic E-state index is 11.5. The first kappa shape index (κ1) is 14.1. The molecule has 0 bridgehead atoms. The molecular formula is C14H17NO3S. The molecule has 0 saturated heterocycles. The summed E-state index contributed by atoms with van der Waals surface area (Å²) in [5, 5.41) is 11.5. The van der Waals surface area contributed by atoms with Gasteiger partial charge in [0, 0.05) is 16.2 Å². The Morgan fingerprint density at radius 1 is 1.32 bits per heavy atom. The van der Waals surface area contributed by atoms with Crippen LogP contribution in [0.5, 0.6) is 0 Å². The summed E-state index contributed by atoms with van der Waals surface area (Å²) in [6, 6.07) is 4.87. The van der Waals surface area contributed by atoms with Gasteiger partial charge in [0.25, 0.3) is 5.69 Å². The lowest BCUT2D eigenvalue weighted by Gasteiger charge is -2.21. The number of benzene rings is 1. The summed E-state index contributed by atoms with van der Waals surface area (Å²) in [5.74, 6) is -0.252. The van der Waals surface area contributed by atoms with E-state index in [0.717, 1.165) is 4.90 Å². The molecule has 1 aliphatic rings. The van der Waals surface area contributed by atoms with Crippen molar-refractivity contribution in [3.8, 4) is 0 Å². The molecule has 1 aliphatic carbocycles. The van der Waals surface area contributed by atoms with Gasteiger partial charge in [-0.2, -0.15) is 0 Å². The molecule has 0 radical (unpaired) electrons. The number of nitrogens with zero attached hydrogens (tertiary/aromatic N) is 1. The quantitative estimate of drug-likeness (QED) is 0.470. The normalized spacial score (nSPS) is 16.3. The van der Waals surface area contributed by atoms with Crippen LogP contribution < -0.4 is 0 Å². The maximum Gasteiger partial charge on any atom is 0.280 e. The summed E-state index contributed by atoms with van der Waals surface area (Å²) in [5.41, 5.74) is 0.117. The first-order valence-corrected chi connectivity index (χ1v) is 7.42. The highest BCUT2D eigenvalue weighted by atomic mass is 32.2. The number of nitro groups is 1. The van der Waals surface area contributed by atoms with E-state index in [0.29, 0.717) is 5.25 Å². The first-order valence-electron chi connectivity index (χ1n) is 6.54. The van der Waals surface area contributed by atoms with Gasteiger partial charge in [0.05, 0.1) is 10.5 Å². The predicted molar refractivity (Wildman–Crippen MR) is 75.8 cm³/mol. The molecule has 0 aliphatic heterocycles. The van der Waals surface area contributed by atoms with Crippen molar-refractivity contribution in [2.45, 2.75) is 49.2 Å². The third-order valence-electron chi connectivity index (χ3n) is 3.40. The molecule has 5 heteroatoms. The molecule has 1 aromatic rings. The van der Waals surface area contributed by atoms with E-state index in [2.05, 4.69) is 0 Å². The van der Waals surface area contributed by atoms with Crippen molar-refractivity contribution in [2.75, 3.05) is 0 Å². The van der Waals surface area contributed by atoms with Gasteiger partial charge in [-0.25, -0.2) is 0 Å². The van der Waals surface area contributed by atoms with Crippen molar-refractivity contribution >= 4 is 23.2 Å². The Bertz CT molecular complexity index is 495. The second kappa shape index (κ2) is 6.19. The fraction of sp³-hybridized carbons (Fsp3) is 0.500. The molecule has 102 valence electrons. The Morgan fingerprint density at radius 2 is 2.00 bits per heavy atom. The van der Waals surface area contributed by atoms with Gasteiger partial charge in [-0.15, -0.1) is 11.8 Å². The van der Waals surface area contributed by atoms with Crippen LogP contribution in [0, 0.1) is 10.1 Å². The molecular weight excluding hydrogens is 262 g/mol. The van der Waals surface area contributed by atoms with Crippen LogP contribution in [0.4, 0.5) is 5.69 Å². The van der Waals surface area contributed by atoms with Gasteiger partial charge in [-0.1, -0.05) is 19.3 Å². The molecule has 1 fully saturated rings. The highest BCUT2D eigenvalue weighted by Crippen LogP contribution is 2.35. The fourth-order valence-electron chi connectivity index (χ4n) is 2.41. The van der Waals surface area contributed by atoms with E-state index in [4.69, 9.17) is 0 Å². The third-order valence-corrected chi connectivity index (χ3v) is 4.73. The van der Waals surface area contributed by atoms with Gasteiger partial charge in [-0.05, 0) is 31.9 Å². The van der Waals surface area contributed by atoms with Crippen molar-refractivity contribution in [3.05, 3.63) is 33.9 Å². The van der Waals surface area contributed by atoms with Crippen LogP contribution in [-0.4, -0.2) is 16.0 Å². The van der Waals surface area contributed by atoms with Crippen molar-refractivity contribution in [2.24, 2.45) is 0 Å². The van der Waals surface area contributed by atoms with Crippen molar-refractivity contribution < 1.29 is 9.72 Å². The Labute approximate surface area is 116 Å². The molecule has 0 spiro atoms.